The van der Waals surface area contributed by atoms with Gasteiger partial charge in [0.1, 0.15) is 4.75 Å². The van der Waals surface area contributed by atoms with Gasteiger partial charge in [0.15, 0.2) is 0 Å². The number of hydrogen-bond donors (Lipinski definition) is 0. The number of esters is 1. The van der Waals surface area contributed by atoms with Gasteiger partial charge in [0.2, 0.25) is 0 Å². The fourth-order valence-electron chi connectivity index (χ4n) is 1.16. The highest BCUT2D eigenvalue weighted by Crippen LogP contribution is 2.38. The summed E-state index contributed by atoms with van der Waals surface area (Å²) in [6.07, 6.45) is 2.10. The van der Waals surface area contributed by atoms with E-state index in [0.717, 1.165) is 18.6 Å². The lowest BCUT2D eigenvalue weighted by atomic mass is 10.1. The van der Waals surface area contributed by atoms with Crippen molar-refractivity contribution < 1.29 is 9.53 Å². The largest absolute Gasteiger partial charge is 0.468 e. The van der Waals surface area contributed by atoms with Crippen LogP contribution in [0.15, 0.2) is 0 Å². The first-order valence-electron chi connectivity index (χ1n) is 3.41. The summed E-state index contributed by atoms with van der Waals surface area (Å²) in [5.41, 5.74) is 0. The Morgan fingerprint density at radius 3 is 2.80 bits per heavy atom. The van der Waals surface area contributed by atoms with Gasteiger partial charge in [0.25, 0.3) is 0 Å². The van der Waals surface area contributed by atoms with E-state index < -0.39 is 0 Å². The number of rotatable bonds is 1. The molecule has 1 aliphatic rings. The maximum absolute atomic E-state index is 11.1. The van der Waals surface area contributed by atoms with E-state index in [1.807, 2.05) is 6.92 Å². The average molecular weight is 160 g/mol. The molecule has 0 aromatic heterocycles. The molecule has 0 bridgehead atoms. The second-order valence-corrected chi connectivity index (χ2v) is 4.27. The highest BCUT2D eigenvalue weighted by atomic mass is 32.2. The Balaban J connectivity index is 2.58. The van der Waals surface area contributed by atoms with Crippen molar-refractivity contribution in [2.45, 2.75) is 24.5 Å². The molecule has 58 valence electrons. The zero-order valence-corrected chi connectivity index (χ0v) is 7.16. The number of ether oxygens (including phenoxy) is 1. The van der Waals surface area contributed by atoms with Crippen molar-refractivity contribution in [3.8, 4) is 0 Å². The third kappa shape index (κ3) is 1.29. The minimum absolute atomic E-state index is 0.0741. The monoisotopic (exact) mass is 160 g/mol. The van der Waals surface area contributed by atoms with Gasteiger partial charge >= 0.3 is 5.97 Å². The van der Waals surface area contributed by atoms with E-state index in [4.69, 9.17) is 0 Å². The highest BCUT2D eigenvalue weighted by Gasteiger charge is 2.37. The summed E-state index contributed by atoms with van der Waals surface area (Å²) in [7, 11) is 1.45. The second-order valence-electron chi connectivity index (χ2n) is 2.67. The molecule has 0 aromatic carbocycles. The van der Waals surface area contributed by atoms with Gasteiger partial charge < -0.3 is 4.74 Å². The fraction of sp³-hybridized carbons (Fsp3) is 0.857. The maximum atomic E-state index is 11.1. The highest BCUT2D eigenvalue weighted by molar-refractivity contribution is 8.01. The molecular weight excluding hydrogens is 148 g/mol. The van der Waals surface area contributed by atoms with Gasteiger partial charge in [-0.25, -0.2) is 0 Å². The molecule has 3 heteroatoms. The summed E-state index contributed by atoms with van der Waals surface area (Å²) >= 11 is 1.70. The summed E-state index contributed by atoms with van der Waals surface area (Å²) in [4.78, 5) is 11.1. The lowest BCUT2D eigenvalue weighted by molar-refractivity contribution is -0.143. The molecule has 1 rings (SSSR count). The van der Waals surface area contributed by atoms with E-state index in [1.54, 1.807) is 11.8 Å². The van der Waals surface area contributed by atoms with Crippen LogP contribution in [0.4, 0.5) is 0 Å². The first kappa shape index (κ1) is 7.92. The maximum Gasteiger partial charge on any atom is 0.321 e. The predicted molar refractivity (Wildman–Crippen MR) is 42.1 cm³/mol. The van der Waals surface area contributed by atoms with E-state index in [1.165, 1.54) is 7.11 Å². The zero-order chi connectivity index (χ0) is 7.61. The van der Waals surface area contributed by atoms with Crippen LogP contribution >= 0.6 is 11.8 Å². The summed E-state index contributed by atoms with van der Waals surface area (Å²) in [5.74, 6) is 1.01. The minimum atomic E-state index is -0.241. The Hall–Kier alpha value is -0.180. The van der Waals surface area contributed by atoms with Crippen LogP contribution in [0.25, 0.3) is 0 Å². The van der Waals surface area contributed by atoms with E-state index in [0.29, 0.717) is 0 Å². The van der Waals surface area contributed by atoms with E-state index in [-0.39, 0.29) is 10.7 Å². The van der Waals surface area contributed by atoms with Gasteiger partial charge in [-0.3, -0.25) is 4.79 Å². The lowest BCUT2D eigenvalue weighted by Gasteiger charge is -2.18. The molecule has 1 saturated heterocycles. The first-order valence-corrected chi connectivity index (χ1v) is 4.40. The van der Waals surface area contributed by atoms with E-state index >= 15 is 0 Å². The van der Waals surface area contributed by atoms with Gasteiger partial charge in [-0.2, -0.15) is 0 Å². The van der Waals surface area contributed by atoms with Gasteiger partial charge in [0.05, 0.1) is 7.11 Å². The van der Waals surface area contributed by atoms with Crippen LogP contribution in [-0.2, 0) is 9.53 Å². The van der Waals surface area contributed by atoms with Crippen LogP contribution in [0.5, 0.6) is 0 Å². The molecule has 10 heavy (non-hydrogen) atoms. The molecule has 1 fully saturated rings. The Morgan fingerprint density at radius 1 is 1.70 bits per heavy atom. The molecule has 0 radical (unpaired) electrons. The molecular formula is C7H12O2S. The summed E-state index contributed by atoms with van der Waals surface area (Å²) in [6.45, 7) is 1.95. The summed E-state index contributed by atoms with van der Waals surface area (Å²) in [6, 6.07) is 0. The number of carbonyl (C=O) groups is 1. The molecule has 2 nitrogen and oxygen atoms in total. The topological polar surface area (TPSA) is 26.3 Å². The second kappa shape index (κ2) is 2.82. The van der Waals surface area contributed by atoms with Crippen molar-refractivity contribution in [2.24, 2.45) is 0 Å². The van der Waals surface area contributed by atoms with Crippen LogP contribution in [0.2, 0.25) is 0 Å². The number of hydrogen-bond acceptors (Lipinski definition) is 3. The first-order chi connectivity index (χ1) is 4.69. The number of thioether (sulfide) groups is 1. The summed E-state index contributed by atoms with van der Waals surface area (Å²) in [5, 5.41) is 0. The Kier molecular flexibility index (Phi) is 2.24. The Bertz CT molecular complexity index is 139. The molecule has 0 saturated carbocycles. The van der Waals surface area contributed by atoms with Crippen LogP contribution in [0.3, 0.4) is 0 Å². The van der Waals surface area contributed by atoms with Gasteiger partial charge in [-0.1, -0.05) is 0 Å². The van der Waals surface area contributed by atoms with Crippen molar-refractivity contribution in [2.75, 3.05) is 12.9 Å². The third-order valence-corrected chi connectivity index (χ3v) is 3.34. The number of carbonyl (C=O) groups excluding carboxylic acids is 1. The molecule has 1 aliphatic heterocycles. The SMILES string of the molecule is COC(=O)C1(C)CCCS1. The molecule has 0 N–H and O–H groups in total. The molecule has 0 amide bonds. The molecule has 0 spiro atoms. The standard InChI is InChI=1S/C7H12O2S/c1-7(6(8)9-2)4-3-5-10-7/h3-5H2,1-2H3. The molecule has 1 atom stereocenters. The van der Waals surface area contributed by atoms with Crippen molar-refractivity contribution in [1.82, 2.24) is 0 Å². The van der Waals surface area contributed by atoms with Crippen LogP contribution in [0, 0.1) is 0 Å². The van der Waals surface area contributed by atoms with Crippen molar-refractivity contribution in [1.29, 1.82) is 0 Å². The Labute approximate surface area is 65.3 Å². The van der Waals surface area contributed by atoms with Crippen LogP contribution < -0.4 is 0 Å². The van der Waals surface area contributed by atoms with E-state index in [2.05, 4.69) is 4.74 Å². The number of methoxy groups -OCH3 is 1. The smallest absolute Gasteiger partial charge is 0.321 e. The average Bonchev–Trinajstić information content (AvgIpc) is 2.36. The normalized spacial score (nSPS) is 32.2. The van der Waals surface area contributed by atoms with Crippen LogP contribution in [-0.4, -0.2) is 23.6 Å². The molecule has 1 unspecified atom stereocenters. The minimum Gasteiger partial charge on any atom is -0.468 e. The Morgan fingerprint density at radius 2 is 2.40 bits per heavy atom. The third-order valence-electron chi connectivity index (χ3n) is 1.84. The lowest BCUT2D eigenvalue weighted by Crippen LogP contribution is -2.29. The zero-order valence-electron chi connectivity index (χ0n) is 6.35. The van der Waals surface area contributed by atoms with Crippen molar-refractivity contribution in [3.63, 3.8) is 0 Å². The molecule has 1 heterocycles. The quantitative estimate of drug-likeness (QED) is 0.543. The van der Waals surface area contributed by atoms with Crippen molar-refractivity contribution in [3.05, 3.63) is 0 Å². The predicted octanol–water partition coefficient (Wildman–Crippen LogP) is 1.45. The van der Waals surface area contributed by atoms with Gasteiger partial charge in [-0.15, -0.1) is 11.8 Å². The molecule has 0 aromatic rings. The van der Waals surface area contributed by atoms with E-state index in [9.17, 15) is 4.79 Å². The fourth-order valence-corrected chi connectivity index (χ4v) is 2.39. The van der Waals surface area contributed by atoms with Crippen molar-refractivity contribution >= 4 is 17.7 Å². The van der Waals surface area contributed by atoms with Crippen LogP contribution in [0.1, 0.15) is 19.8 Å². The summed E-state index contributed by atoms with van der Waals surface area (Å²) < 4.78 is 4.44. The molecule has 0 aliphatic carbocycles. The van der Waals surface area contributed by atoms with Gasteiger partial charge in [0, 0.05) is 0 Å². The van der Waals surface area contributed by atoms with Gasteiger partial charge in [-0.05, 0) is 25.5 Å².